The van der Waals surface area contributed by atoms with Crippen molar-refractivity contribution in [1.29, 1.82) is 0 Å². The topological polar surface area (TPSA) is 82.8 Å². The van der Waals surface area contributed by atoms with Crippen molar-refractivity contribution >= 4 is 35.8 Å². The van der Waals surface area contributed by atoms with E-state index >= 15 is 0 Å². The minimum atomic E-state index is -0.408. The number of nitrogens with one attached hydrogen (secondary N) is 2. The van der Waals surface area contributed by atoms with E-state index in [-0.39, 0.29) is 24.0 Å². The van der Waals surface area contributed by atoms with Crippen LogP contribution < -0.4 is 16.4 Å². The Hall–Kier alpha value is -1.35. The molecule has 0 radical (unpaired) electrons. The van der Waals surface area contributed by atoms with E-state index in [1.807, 2.05) is 12.1 Å². The maximum Gasteiger partial charge on any atom is 0.248 e. The number of nitrogens with two attached hydrogens (primary N) is 1. The first-order valence-corrected chi connectivity index (χ1v) is 8.94. The highest BCUT2D eigenvalue weighted by Gasteiger charge is 2.12. The summed E-state index contributed by atoms with van der Waals surface area (Å²) in [4.78, 5) is 17.8. The van der Waals surface area contributed by atoms with Crippen molar-refractivity contribution < 1.29 is 4.79 Å². The highest BCUT2D eigenvalue weighted by molar-refractivity contribution is 14.0. The molecule has 0 fully saturated rings. The van der Waals surface area contributed by atoms with Crippen molar-refractivity contribution in [2.45, 2.75) is 52.7 Å². The average Bonchev–Trinajstić information content (AvgIpc) is 2.57. The Balaban J connectivity index is 0.00000625. The third kappa shape index (κ3) is 8.84. The molecule has 6 nitrogen and oxygen atoms in total. The van der Waals surface area contributed by atoms with Gasteiger partial charge >= 0.3 is 0 Å². The number of rotatable bonds is 9. The third-order valence-corrected chi connectivity index (χ3v) is 4.13. The quantitative estimate of drug-likeness (QED) is 0.222. The van der Waals surface area contributed by atoms with Crippen LogP contribution in [-0.2, 0) is 6.54 Å². The van der Waals surface area contributed by atoms with Crippen molar-refractivity contribution in [3.05, 3.63) is 35.4 Å². The lowest BCUT2D eigenvalue weighted by atomic mass is 10.1. The summed E-state index contributed by atoms with van der Waals surface area (Å²) in [5, 5.41) is 6.62. The van der Waals surface area contributed by atoms with E-state index in [4.69, 9.17) is 5.73 Å². The molecular formula is C19H34IN5O. The van der Waals surface area contributed by atoms with Gasteiger partial charge in [0.05, 0.1) is 0 Å². The zero-order valence-corrected chi connectivity index (χ0v) is 18.9. The molecule has 0 heterocycles. The minimum Gasteiger partial charge on any atom is -0.366 e. The number of hydrogen-bond donors (Lipinski definition) is 3. The van der Waals surface area contributed by atoms with Gasteiger partial charge in [-0.25, -0.2) is 0 Å². The van der Waals surface area contributed by atoms with Crippen LogP contribution in [0.4, 0.5) is 0 Å². The van der Waals surface area contributed by atoms with Gasteiger partial charge in [-0.3, -0.25) is 14.7 Å². The summed E-state index contributed by atoms with van der Waals surface area (Å²) in [6.45, 7) is 11.5. The van der Waals surface area contributed by atoms with Crippen molar-refractivity contribution in [2.75, 3.05) is 20.1 Å². The third-order valence-electron chi connectivity index (χ3n) is 4.13. The van der Waals surface area contributed by atoms with Crippen LogP contribution in [0, 0.1) is 0 Å². The largest absolute Gasteiger partial charge is 0.366 e. The lowest BCUT2D eigenvalue weighted by Gasteiger charge is -2.30. The second-order valence-corrected chi connectivity index (χ2v) is 6.69. The second kappa shape index (κ2) is 12.9. The Labute approximate surface area is 175 Å². The van der Waals surface area contributed by atoms with Crippen LogP contribution in [-0.4, -0.2) is 49.0 Å². The molecule has 0 saturated carbocycles. The maximum atomic E-state index is 11.1. The second-order valence-electron chi connectivity index (χ2n) is 6.69. The number of carbonyl (C=O) groups is 1. The van der Waals surface area contributed by atoms with Gasteiger partial charge in [0.2, 0.25) is 5.91 Å². The molecule has 0 spiro atoms. The molecule has 26 heavy (non-hydrogen) atoms. The van der Waals surface area contributed by atoms with Crippen LogP contribution in [0.2, 0.25) is 0 Å². The first-order chi connectivity index (χ1) is 11.8. The van der Waals surface area contributed by atoms with Crippen LogP contribution in [0.15, 0.2) is 29.3 Å². The number of guanidine groups is 1. The van der Waals surface area contributed by atoms with Crippen LogP contribution >= 0.6 is 24.0 Å². The Kier molecular flexibility index (Phi) is 12.2. The zero-order valence-electron chi connectivity index (χ0n) is 16.6. The highest BCUT2D eigenvalue weighted by Crippen LogP contribution is 2.05. The van der Waals surface area contributed by atoms with Crippen LogP contribution in [0.5, 0.6) is 0 Å². The summed E-state index contributed by atoms with van der Waals surface area (Å²) in [5.74, 6) is 0.369. The van der Waals surface area contributed by atoms with Gasteiger partial charge in [-0.15, -0.1) is 24.0 Å². The number of hydrogen-bond acceptors (Lipinski definition) is 3. The number of amides is 1. The molecule has 1 aromatic rings. The molecule has 0 atom stereocenters. The van der Waals surface area contributed by atoms with Gasteiger partial charge in [0.1, 0.15) is 0 Å². The molecule has 0 aliphatic carbocycles. The van der Waals surface area contributed by atoms with Gasteiger partial charge in [0.25, 0.3) is 0 Å². The molecule has 7 heteroatoms. The van der Waals surface area contributed by atoms with Crippen molar-refractivity contribution in [1.82, 2.24) is 15.5 Å². The number of nitrogens with zero attached hydrogens (tertiary/aromatic N) is 2. The molecule has 1 amide bonds. The Morgan fingerprint density at radius 2 is 1.69 bits per heavy atom. The molecule has 1 aromatic carbocycles. The van der Waals surface area contributed by atoms with Gasteiger partial charge in [-0.05, 0) is 51.8 Å². The SMILES string of the molecule is CN=C(NCCCN(C(C)C)C(C)C)NCc1ccc(C(N)=O)cc1.I. The molecule has 0 bridgehead atoms. The van der Waals surface area contributed by atoms with Gasteiger partial charge < -0.3 is 16.4 Å². The summed E-state index contributed by atoms with van der Waals surface area (Å²) in [6.07, 6.45) is 1.06. The molecule has 0 aliphatic heterocycles. The van der Waals surface area contributed by atoms with Crippen molar-refractivity contribution in [2.24, 2.45) is 10.7 Å². The minimum absolute atomic E-state index is 0. The maximum absolute atomic E-state index is 11.1. The molecule has 1 rings (SSSR count). The van der Waals surface area contributed by atoms with Gasteiger partial charge in [0.15, 0.2) is 5.96 Å². The molecule has 148 valence electrons. The zero-order chi connectivity index (χ0) is 18.8. The van der Waals surface area contributed by atoms with E-state index in [0.29, 0.717) is 24.2 Å². The Morgan fingerprint density at radius 1 is 1.12 bits per heavy atom. The van der Waals surface area contributed by atoms with E-state index in [9.17, 15) is 4.79 Å². The van der Waals surface area contributed by atoms with E-state index in [1.54, 1.807) is 19.2 Å². The van der Waals surface area contributed by atoms with Crippen LogP contribution in [0.3, 0.4) is 0 Å². The smallest absolute Gasteiger partial charge is 0.248 e. The molecule has 0 unspecified atom stereocenters. The average molecular weight is 475 g/mol. The lowest BCUT2D eigenvalue weighted by molar-refractivity contribution is 0.100. The molecular weight excluding hydrogens is 441 g/mol. The van der Waals surface area contributed by atoms with Gasteiger partial charge in [-0.2, -0.15) is 0 Å². The summed E-state index contributed by atoms with van der Waals surface area (Å²) in [6, 6.07) is 8.37. The number of carbonyl (C=O) groups excluding carboxylic acids is 1. The molecule has 0 saturated heterocycles. The van der Waals surface area contributed by atoms with E-state index in [1.165, 1.54) is 0 Å². The van der Waals surface area contributed by atoms with E-state index in [0.717, 1.165) is 31.0 Å². The number of benzene rings is 1. The summed E-state index contributed by atoms with van der Waals surface area (Å²) in [5.41, 5.74) is 6.83. The number of aliphatic imine (C=N–C) groups is 1. The molecule has 4 N–H and O–H groups in total. The summed E-state index contributed by atoms with van der Waals surface area (Å²) in [7, 11) is 1.76. The first-order valence-electron chi connectivity index (χ1n) is 8.94. The predicted molar refractivity (Wildman–Crippen MR) is 120 cm³/mol. The lowest BCUT2D eigenvalue weighted by Crippen LogP contribution is -2.41. The first kappa shape index (κ1) is 24.7. The van der Waals surface area contributed by atoms with Crippen LogP contribution in [0.1, 0.15) is 50.0 Å². The highest BCUT2D eigenvalue weighted by atomic mass is 127. The van der Waals surface area contributed by atoms with E-state index < -0.39 is 5.91 Å². The van der Waals surface area contributed by atoms with Crippen molar-refractivity contribution in [3.8, 4) is 0 Å². The summed E-state index contributed by atoms with van der Waals surface area (Å²) < 4.78 is 0. The predicted octanol–water partition coefficient (Wildman–Crippen LogP) is 2.58. The number of primary amides is 1. The van der Waals surface area contributed by atoms with Crippen molar-refractivity contribution in [3.63, 3.8) is 0 Å². The van der Waals surface area contributed by atoms with E-state index in [2.05, 4.69) is 48.2 Å². The number of halogens is 1. The molecule has 0 aliphatic rings. The van der Waals surface area contributed by atoms with Crippen LogP contribution in [0.25, 0.3) is 0 Å². The normalized spacial score (nSPS) is 11.6. The fourth-order valence-corrected chi connectivity index (χ4v) is 2.77. The Morgan fingerprint density at radius 3 is 2.15 bits per heavy atom. The standard InChI is InChI=1S/C19H33N5O.HI/c1-14(2)24(15(3)4)12-6-11-22-19(21-5)23-13-16-7-9-17(10-8-16)18(20)25;/h7-10,14-15H,6,11-13H2,1-5H3,(H2,20,25)(H2,21,22,23);1H. The Bertz CT molecular complexity index is 550. The summed E-state index contributed by atoms with van der Waals surface area (Å²) >= 11 is 0. The van der Waals surface area contributed by atoms with Gasteiger partial charge in [0, 0.05) is 44.3 Å². The monoisotopic (exact) mass is 475 g/mol. The van der Waals surface area contributed by atoms with Gasteiger partial charge in [-0.1, -0.05) is 12.1 Å². The fraction of sp³-hybridized carbons (Fsp3) is 0.579. The molecule has 0 aromatic heterocycles. The fourth-order valence-electron chi connectivity index (χ4n) is 2.77.